The Morgan fingerprint density at radius 2 is 0.629 bits per heavy atom. The standard InChI is InChI=1S/C19H22BFO4.C17H28BFO4.2C13H18BFO4.C13H20BFO4.C12H18BFO4.C11H16BFO4/c1-3-22-14(2)23-12-16-11-17(21)9-10-18(16)20-24-13-19(25-20)15-7-5-4-6-8-15;1-7-20-14(6)21-11-15-10-16(19)8-9-17(15)18(22-12(2)3)23-13(4)5;1-16-10-17-9-11-8-12(15)4-5-13(11)14-18-6-2-3-7-19-14;1-3-16-10(2)17-9-11-8-12(15)4-5-13(11)14-18-6-7-19-14;1-5-18-10(2)19-9-11-8-12(15)6-7-13(11)14(16-3)17-4;1-4-17-9(2)18-8-10-7-11(14)5-6-12(10)13(15)16-3;1-3-16-8(2)17-7-9-6-10(13)4-5-11(9)12(14)15/h4-11,14,19H,3,12-13H2,1-2H3;8-10,12-14H,7,11H2,1-6H3;4-5,8H,2-3,6-7,9-10H2,1H3;4-5,8,10H,3,6-7,9H2,1-2H3;6-8,10H,5,9H2,1-4H3;5-7,9,15H,4,8H2,1-3H3;4-6,8,14-15H,3,7H2,1-2H3. The number of halogens is 7. The second-order valence-electron chi connectivity index (χ2n) is 31.7. The average Bonchev–Trinajstić information content (AvgIpc) is 1.67. The molecular weight excluding hydrogens is 1830 g/mol. The van der Waals surface area contributed by atoms with Crippen molar-refractivity contribution in [2.75, 3.05) is 108 Å². The van der Waals surface area contributed by atoms with E-state index in [-0.39, 0.29) is 143 Å². The van der Waals surface area contributed by atoms with E-state index in [1.807, 2.05) is 120 Å². The van der Waals surface area contributed by atoms with Crippen LogP contribution in [0, 0.1) is 40.7 Å². The molecule has 3 fully saturated rings. The predicted molar refractivity (Wildman–Crippen MR) is 524 cm³/mol. The zero-order valence-corrected chi connectivity index (χ0v) is 84.3. The largest absolute Gasteiger partial charge is 0.494 e. The summed E-state index contributed by atoms with van der Waals surface area (Å²) in [7, 11) is 0.751. The van der Waals surface area contributed by atoms with Crippen LogP contribution in [-0.4, -0.2) is 223 Å². The first-order chi connectivity index (χ1) is 67.2. The van der Waals surface area contributed by atoms with E-state index in [1.54, 1.807) is 58.2 Å². The lowest BCUT2D eigenvalue weighted by molar-refractivity contribution is -0.134. The van der Waals surface area contributed by atoms with Gasteiger partial charge in [0.15, 0.2) is 37.7 Å². The van der Waals surface area contributed by atoms with Crippen LogP contribution in [-0.2, 0) is 164 Å². The third-order valence-electron chi connectivity index (χ3n) is 20.3. The van der Waals surface area contributed by atoms with E-state index in [0.29, 0.717) is 106 Å². The van der Waals surface area contributed by atoms with E-state index in [0.717, 1.165) is 56.8 Å². The van der Waals surface area contributed by atoms with Crippen LogP contribution in [0.15, 0.2) is 158 Å². The van der Waals surface area contributed by atoms with Crippen LogP contribution in [0.3, 0.4) is 0 Å². The molecule has 8 aromatic rings. The Hall–Kier alpha value is -7.40. The molecule has 11 rings (SSSR count). The molecule has 0 aromatic heterocycles. The summed E-state index contributed by atoms with van der Waals surface area (Å²) in [6.45, 7) is 37.5. The van der Waals surface area contributed by atoms with Crippen molar-refractivity contribution < 1.29 is 163 Å². The van der Waals surface area contributed by atoms with Gasteiger partial charge in [0.05, 0.1) is 72.2 Å². The second-order valence-corrected chi connectivity index (χ2v) is 31.7. The smallest absolute Gasteiger partial charge is 0.423 e. The van der Waals surface area contributed by atoms with Crippen LogP contribution in [0.5, 0.6) is 0 Å². The van der Waals surface area contributed by atoms with Gasteiger partial charge in [-0.25, -0.2) is 30.7 Å². The highest BCUT2D eigenvalue weighted by atomic mass is 19.2. The fraction of sp³-hybridized carbons (Fsp3) is 0.510. The fourth-order valence-corrected chi connectivity index (χ4v) is 13.6. The van der Waals surface area contributed by atoms with E-state index in [1.165, 1.54) is 118 Å². The minimum absolute atomic E-state index is 0.0140. The monoisotopic (exact) mass is 1980 g/mol. The molecule has 770 valence electrons. The third-order valence-corrected chi connectivity index (χ3v) is 20.3. The maximum Gasteiger partial charge on any atom is 0.494 e. The SMILES string of the molecule is CCOC(C)OCc1cc(F)ccc1B(O)O.CCOC(C)OCc1cc(F)ccc1B(O)OC.CCOC(C)OCc1cc(F)ccc1B(OC(C)C)OC(C)C.CCOC(C)OCc1cc(F)ccc1B(OC)OC.CCOC(C)OCc1cc(F)ccc1B1OCC(c2ccccc2)O1.CCOC(C)OCc1cc(F)ccc1B1OCCO1.COCOCc1cc(F)ccc1B1OCCCCO1. The van der Waals surface area contributed by atoms with Gasteiger partial charge >= 0.3 is 49.8 Å². The zero-order valence-electron chi connectivity index (χ0n) is 84.3. The summed E-state index contributed by atoms with van der Waals surface area (Å²) >= 11 is 0. The molecule has 140 heavy (non-hydrogen) atoms. The van der Waals surface area contributed by atoms with Gasteiger partial charge in [-0.15, -0.1) is 0 Å². The molecule has 3 aliphatic rings. The van der Waals surface area contributed by atoms with Gasteiger partial charge in [0.25, 0.3) is 0 Å². The van der Waals surface area contributed by atoms with E-state index in [9.17, 15) is 35.8 Å². The van der Waals surface area contributed by atoms with Crippen molar-refractivity contribution in [2.45, 2.75) is 226 Å². The molecule has 0 spiro atoms. The van der Waals surface area contributed by atoms with Crippen molar-refractivity contribution in [2.24, 2.45) is 0 Å². The minimum atomic E-state index is -1.64. The lowest BCUT2D eigenvalue weighted by Crippen LogP contribution is -2.43. The van der Waals surface area contributed by atoms with Gasteiger partial charge in [-0.05, 0) is 291 Å². The molecule has 3 heterocycles. The number of benzene rings is 8. The van der Waals surface area contributed by atoms with Crippen molar-refractivity contribution in [3.05, 3.63) is 243 Å². The summed E-state index contributed by atoms with van der Waals surface area (Å²) in [5.74, 6) is -2.38. The molecule has 3 saturated heterocycles. The molecule has 3 aliphatic heterocycles. The van der Waals surface area contributed by atoms with E-state index >= 15 is 0 Å². The van der Waals surface area contributed by atoms with Crippen LogP contribution in [0.1, 0.15) is 174 Å². The molecular formula is C98H140B7F7O28. The maximum absolute atomic E-state index is 13.7. The lowest BCUT2D eigenvalue weighted by atomic mass is 9.75. The molecule has 7 unspecified atom stereocenters. The Balaban J connectivity index is 0.000000289. The van der Waals surface area contributed by atoms with Crippen molar-refractivity contribution in [3.63, 3.8) is 0 Å². The summed E-state index contributed by atoms with van der Waals surface area (Å²) in [4.78, 5) is 0. The minimum Gasteiger partial charge on any atom is -0.423 e. The number of rotatable bonds is 49. The summed E-state index contributed by atoms with van der Waals surface area (Å²) < 4.78 is 229. The maximum atomic E-state index is 13.7. The van der Waals surface area contributed by atoms with Crippen molar-refractivity contribution >= 4 is 88.1 Å². The molecule has 7 atom stereocenters. The Kier molecular flexibility index (Phi) is 61.9. The fourth-order valence-electron chi connectivity index (χ4n) is 13.6. The molecule has 8 aromatic carbocycles. The quantitative estimate of drug-likeness (QED) is 0.0138. The van der Waals surface area contributed by atoms with Gasteiger partial charge < -0.3 is 133 Å². The van der Waals surface area contributed by atoms with Crippen LogP contribution in [0.2, 0.25) is 0 Å². The van der Waals surface area contributed by atoms with Crippen molar-refractivity contribution in [3.8, 4) is 0 Å². The average molecular weight is 1970 g/mol. The molecule has 3 N–H and O–H groups in total. The predicted octanol–water partition coefficient (Wildman–Crippen LogP) is 12.6. The van der Waals surface area contributed by atoms with Crippen LogP contribution >= 0.6 is 0 Å². The van der Waals surface area contributed by atoms with Crippen LogP contribution < -0.4 is 38.2 Å². The zero-order chi connectivity index (χ0) is 103. The Morgan fingerprint density at radius 3 is 0.964 bits per heavy atom. The molecule has 0 radical (unpaired) electrons. The van der Waals surface area contributed by atoms with E-state index in [2.05, 4.69) is 0 Å². The second kappa shape index (κ2) is 70.4. The number of ether oxygens (including phenoxy) is 14. The van der Waals surface area contributed by atoms with E-state index < -0.39 is 61.9 Å². The van der Waals surface area contributed by atoms with Gasteiger partial charge in [-0.3, -0.25) is 0 Å². The van der Waals surface area contributed by atoms with E-state index in [4.69, 9.17) is 128 Å². The van der Waals surface area contributed by atoms with Crippen molar-refractivity contribution in [1.29, 1.82) is 0 Å². The molecule has 42 heteroatoms. The highest BCUT2D eigenvalue weighted by Gasteiger charge is 2.37. The van der Waals surface area contributed by atoms with Gasteiger partial charge in [-0.1, -0.05) is 72.8 Å². The third kappa shape index (κ3) is 47.2. The summed E-state index contributed by atoms with van der Waals surface area (Å²) in [6, 6.07) is 40.3. The first-order valence-corrected chi connectivity index (χ1v) is 46.9. The van der Waals surface area contributed by atoms with Crippen molar-refractivity contribution in [1.82, 2.24) is 0 Å². The number of hydrogen-bond donors (Lipinski definition) is 3. The topological polar surface area (TPSA) is 291 Å². The lowest BCUT2D eigenvalue weighted by Gasteiger charge is -2.22. The van der Waals surface area contributed by atoms with Gasteiger partial charge in [0, 0.05) is 93.5 Å². The normalized spacial score (nSPS) is 14.8. The summed E-state index contributed by atoms with van der Waals surface area (Å²) in [5.41, 5.74) is 10.2. The Bertz CT molecular complexity index is 4590. The number of hydrogen-bond acceptors (Lipinski definition) is 28. The number of methoxy groups -OCH3 is 1. The summed E-state index contributed by atoms with van der Waals surface area (Å²) in [5, 5.41) is 27.9. The first kappa shape index (κ1) is 123. The Morgan fingerprint density at radius 1 is 0.329 bits per heavy atom. The van der Waals surface area contributed by atoms with Gasteiger partial charge in [0.1, 0.15) is 47.5 Å². The van der Waals surface area contributed by atoms with Gasteiger partial charge in [-0.2, -0.15) is 0 Å². The molecule has 0 aliphatic carbocycles. The molecule has 0 saturated carbocycles. The molecule has 28 nitrogen and oxygen atoms in total. The Labute approximate surface area is 824 Å². The highest BCUT2D eigenvalue weighted by molar-refractivity contribution is 6.64. The van der Waals surface area contributed by atoms with Crippen LogP contribution in [0.25, 0.3) is 0 Å². The highest BCUT2D eigenvalue weighted by Crippen LogP contribution is 2.26. The summed E-state index contributed by atoms with van der Waals surface area (Å²) in [6.07, 6.45) is -0.392. The van der Waals surface area contributed by atoms with Crippen LogP contribution in [0.4, 0.5) is 30.7 Å². The van der Waals surface area contributed by atoms with Gasteiger partial charge in [0.2, 0.25) is 0 Å². The first-order valence-electron chi connectivity index (χ1n) is 46.9. The molecule has 0 bridgehead atoms. The molecule has 0 amide bonds.